The average molecular weight is 436 g/mol. The zero-order chi connectivity index (χ0) is 22.8. The summed E-state index contributed by atoms with van der Waals surface area (Å²) < 4.78 is 1.89. The van der Waals surface area contributed by atoms with E-state index in [2.05, 4.69) is 60.4 Å². The zero-order valence-corrected chi connectivity index (χ0v) is 19.2. The maximum Gasteiger partial charge on any atom is 0.259 e. The van der Waals surface area contributed by atoms with Crippen molar-refractivity contribution in [1.29, 1.82) is 0 Å². The second-order valence-electron chi connectivity index (χ2n) is 8.93. The molecule has 0 amide bonds. The molecule has 4 heteroatoms. The Bertz CT molecular complexity index is 1260. The standard InChI is InChI=1S/C29H29N3O/c1-21-13-15-23(16-14-21)19-31-18-17-27-26(20-31)29(33)32(22(2)30-27)28(24-9-5-3-6-10-24)25-11-7-4-8-12-25/h3-16,28H,17-20H2,1-2H3. The Balaban J connectivity index is 1.55. The van der Waals surface area contributed by atoms with E-state index in [1.54, 1.807) is 0 Å². The number of benzene rings is 3. The molecule has 0 saturated carbocycles. The molecule has 0 saturated heterocycles. The number of aryl methyl sites for hydroxylation is 2. The highest BCUT2D eigenvalue weighted by Gasteiger charge is 2.26. The monoisotopic (exact) mass is 435 g/mol. The van der Waals surface area contributed by atoms with Crippen molar-refractivity contribution < 1.29 is 0 Å². The largest absolute Gasteiger partial charge is 0.294 e. The Morgan fingerprint density at radius 1 is 0.848 bits per heavy atom. The van der Waals surface area contributed by atoms with Crippen molar-refractivity contribution in [1.82, 2.24) is 14.5 Å². The molecule has 5 rings (SSSR count). The fraction of sp³-hybridized carbons (Fsp3) is 0.241. The van der Waals surface area contributed by atoms with E-state index in [1.807, 2.05) is 47.9 Å². The maximum absolute atomic E-state index is 14.0. The van der Waals surface area contributed by atoms with Gasteiger partial charge in [-0.25, -0.2) is 4.98 Å². The summed E-state index contributed by atoms with van der Waals surface area (Å²) >= 11 is 0. The first-order valence-corrected chi connectivity index (χ1v) is 11.6. The SMILES string of the molecule is Cc1ccc(CN2CCc3nc(C)n(C(c4ccccc4)c4ccccc4)c(=O)c3C2)cc1. The van der Waals surface area contributed by atoms with Crippen LogP contribution in [0.25, 0.3) is 0 Å². The van der Waals surface area contributed by atoms with Crippen molar-refractivity contribution in [3.8, 4) is 0 Å². The van der Waals surface area contributed by atoms with E-state index in [0.29, 0.717) is 6.54 Å². The molecular formula is C29H29N3O. The Labute approximate surface area is 195 Å². The number of hydrogen-bond acceptors (Lipinski definition) is 3. The van der Waals surface area contributed by atoms with Gasteiger partial charge in [0.05, 0.1) is 17.3 Å². The normalized spacial score (nSPS) is 13.8. The predicted octanol–water partition coefficient (Wildman–Crippen LogP) is 5.06. The fourth-order valence-electron chi connectivity index (χ4n) is 4.82. The van der Waals surface area contributed by atoms with Gasteiger partial charge in [-0.15, -0.1) is 0 Å². The summed E-state index contributed by atoms with van der Waals surface area (Å²) in [6.45, 7) is 6.45. The van der Waals surface area contributed by atoms with E-state index in [-0.39, 0.29) is 11.6 Å². The summed E-state index contributed by atoms with van der Waals surface area (Å²) in [5, 5.41) is 0. The van der Waals surface area contributed by atoms with E-state index in [1.165, 1.54) is 11.1 Å². The van der Waals surface area contributed by atoms with Crippen molar-refractivity contribution in [2.45, 2.75) is 39.4 Å². The minimum atomic E-state index is -0.204. The quantitative estimate of drug-likeness (QED) is 0.440. The molecule has 0 unspecified atom stereocenters. The number of hydrogen-bond donors (Lipinski definition) is 0. The molecule has 0 spiro atoms. The first-order chi connectivity index (χ1) is 16.1. The molecule has 0 radical (unpaired) electrons. The number of aromatic nitrogens is 2. The van der Waals surface area contributed by atoms with Gasteiger partial charge in [-0.05, 0) is 30.5 Å². The average Bonchev–Trinajstić information content (AvgIpc) is 2.85. The molecule has 4 nitrogen and oxygen atoms in total. The second-order valence-corrected chi connectivity index (χ2v) is 8.93. The van der Waals surface area contributed by atoms with Crippen molar-refractivity contribution >= 4 is 0 Å². The first kappa shape index (κ1) is 21.4. The molecule has 0 aliphatic carbocycles. The molecule has 33 heavy (non-hydrogen) atoms. The third-order valence-electron chi connectivity index (χ3n) is 6.53. The Hall–Kier alpha value is -3.50. The van der Waals surface area contributed by atoms with Gasteiger partial charge in [0, 0.05) is 26.1 Å². The Morgan fingerprint density at radius 3 is 2.06 bits per heavy atom. The molecule has 0 fully saturated rings. The number of nitrogens with zero attached hydrogens (tertiary/aromatic N) is 3. The van der Waals surface area contributed by atoms with E-state index < -0.39 is 0 Å². The number of rotatable bonds is 5. The van der Waals surface area contributed by atoms with Gasteiger partial charge >= 0.3 is 0 Å². The molecule has 4 aromatic rings. The summed E-state index contributed by atoms with van der Waals surface area (Å²) in [6.07, 6.45) is 0.805. The van der Waals surface area contributed by atoms with Crippen molar-refractivity contribution in [3.63, 3.8) is 0 Å². The van der Waals surface area contributed by atoms with Gasteiger partial charge in [0.15, 0.2) is 0 Å². The molecule has 0 atom stereocenters. The molecule has 0 N–H and O–H groups in total. The number of fused-ring (bicyclic) bond motifs is 1. The highest BCUT2D eigenvalue weighted by Crippen LogP contribution is 2.27. The van der Waals surface area contributed by atoms with Gasteiger partial charge in [-0.1, -0.05) is 90.5 Å². The minimum Gasteiger partial charge on any atom is -0.294 e. The van der Waals surface area contributed by atoms with Gasteiger partial charge < -0.3 is 0 Å². The van der Waals surface area contributed by atoms with Crippen LogP contribution in [-0.2, 0) is 19.5 Å². The van der Waals surface area contributed by atoms with Crippen LogP contribution in [0, 0.1) is 13.8 Å². The highest BCUT2D eigenvalue weighted by atomic mass is 16.1. The minimum absolute atomic E-state index is 0.0730. The lowest BCUT2D eigenvalue weighted by molar-refractivity contribution is 0.240. The van der Waals surface area contributed by atoms with E-state index in [4.69, 9.17) is 4.98 Å². The lowest BCUT2D eigenvalue weighted by Gasteiger charge is -2.30. The summed E-state index contributed by atoms with van der Waals surface area (Å²) in [4.78, 5) is 21.3. The van der Waals surface area contributed by atoms with Crippen LogP contribution in [0.2, 0.25) is 0 Å². The Morgan fingerprint density at radius 2 is 1.45 bits per heavy atom. The van der Waals surface area contributed by atoms with Crippen LogP contribution in [0.15, 0.2) is 89.7 Å². The lowest BCUT2D eigenvalue weighted by Crippen LogP contribution is -2.40. The van der Waals surface area contributed by atoms with Crippen LogP contribution in [0.4, 0.5) is 0 Å². The highest BCUT2D eigenvalue weighted by molar-refractivity contribution is 5.35. The maximum atomic E-state index is 14.0. The van der Waals surface area contributed by atoms with Gasteiger partial charge in [-0.2, -0.15) is 0 Å². The van der Waals surface area contributed by atoms with Crippen molar-refractivity contribution in [3.05, 3.63) is 135 Å². The lowest BCUT2D eigenvalue weighted by atomic mass is 9.97. The smallest absolute Gasteiger partial charge is 0.259 e. The summed E-state index contributed by atoms with van der Waals surface area (Å²) in [5.41, 5.74) is 6.56. The second kappa shape index (κ2) is 9.16. The van der Waals surface area contributed by atoms with E-state index in [9.17, 15) is 4.79 Å². The third kappa shape index (κ3) is 4.39. The topological polar surface area (TPSA) is 38.1 Å². The van der Waals surface area contributed by atoms with Crippen LogP contribution in [0.3, 0.4) is 0 Å². The van der Waals surface area contributed by atoms with Crippen LogP contribution in [-0.4, -0.2) is 21.0 Å². The van der Waals surface area contributed by atoms with E-state index >= 15 is 0 Å². The van der Waals surface area contributed by atoms with Crippen molar-refractivity contribution in [2.24, 2.45) is 0 Å². The fourth-order valence-corrected chi connectivity index (χ4v) is 4.82. The summed E-state index contributed by atoms with van der Waals surface area (Å²) in [6, 6.07) is 28.9. The first-order valence-electron chi connectivity index (χ1n) is 11.6. The van der Waals surface area contributed by atoms with E-state index in [0.717, 1.165) is 47.7 Å². The summed E-state index contributed by atoms with van der Waals surface area (Å²) in [7, 11) is 0. The van der Waals surface area contributed by atoms with Crippen LogP contribution < -0.4 is 5.56 Å². The van der Waals surface area contributed by atoms with Gasteiger partial charge in [-0.3, -0.25) is 14.3 Å². The Kier molecular flexibility index (Phi) is 5.93. The molecule has 1 aromatic heterocycles. The molecular weight excluding hydrogens is 406 g/mol. The van der Waals surface area contributed by atoms with Crippen molar-refractivity contribution in [2.75, 3.05) is 6.54 Å². The predicted molar refractivity (Wildman–Crippen MR) is 132 cm³/mol. The van der Waals surface area contributed by atoms with Crippen LogP contribution in [0.5, 0.6) is 0 Å². The van der Waals surface area contributed by atoms with Crippen LogP contribution >= 0.6 is 0 Å². The van der Waals surface area contributed by atoms with Crippen LogP contribution in [0.1, 0.15) is 45.4 Å². The summed E-state index contributed by atoms with van der Waals surface area (Å²) in [5.74, 6) is 0.767. The molecule has 1 aliphatic heterocycles. The zero-order valence-electron chi connectivity index (χ0n) is 19.2. The van der Waals surface area contributed by atoms with Gasteiger partial charge in [0.25, 0.3) is 5.56 Å². The molecule has 166 valence electrons. The molecule has 3 aromatic carbocycles. The van der Waals surface area contributed by atoms with Gasteiger partial charge in [0.2, 0.25) is 0 Å². The van der Waals surface area contributed by atoms with Gasteiger partial charge in [0.1, 0.15) is 5.82 Å². The molecule has 0 bridgehead atoms. The third-order valence-corrected chi connectivity index (χ3v) is 6.53. The molecule has 1 aliphatic rings. The molecule has 2 heterocycles.